The number of hydrogen-bond acceptors (Lipinski definition) is 0. The minimum Gasteiger partial charge on any atom is -0.244 e. The van der Waals surface area contributed by atoms with E-state index in [1.54, 1.807) is 0 Å². The van der Waals surface area contributed by atoms with E-state index in [1.165, 1.54) is 0 Å². The lowest BCUT2D eigenvalue weighted by Gasteiger charge is -2.02. The van der Waals surface area contributed by atoms with E-state index in [2.05, 4.69) is 0 Å². The van der Waals surface area contributed by atoms with Crippen LogP contribution in [-0.4, -0.2) is 6.18 Å². The van der Waals surface area contributed by atoms with Crippen molar-refractivity contribution in [2.24, 2.45) is 0 Å². The number of halogens is 4. The van der Waals surface area contributed by atoms with Gasteiger partial charge in [-0.3, -0.25) is 0 Å². The molecule has 0 aromatic carbocycles. The normalized spacial score (nSPS) is 12.0. The van der Waals surface area contributed by atoms with Gasteiger partial charge in [-0.15, -0.1) is 0 Å². The highest BCUT2D eigenvalue weighted by molar-refractivity contribution is 4.54. The molecule has 0 amide bonds. The molecule has 0 aliphatic heterocycles. The molecule has 0 spiro atoms. The lowest BCUT2D eigenvalue weighted by atomic mass is 10.2. The summed E-state index contributed by atoms with van der Waals surface area (Å²) in [7, 11) is 0. The third kappa shape index (κ3) is 7.72. The molecule has 0 nitrogen and oxygen atoms in total. The molecule has 0 saturated heterocycles. The highest BCUT2D eigenvalue weighted by Crippen LogP contribution is 2.22. The summed E-state index contributed by atoms with van der Waals surface area (Å²) in [6.45, 7) is 0.242. The molecule has 4 heteroatoms. The monoisotopic (exact) mass is 143 g/mol. The average Bonchev–Trinajstić information content (AvgIpc) is 1.63. The summed E-state index contributed by atoms with van der Waals surface area (Å²) in [5.41, 5.74) is 0. The summed E-state index contributed by atoms with van der Waals surface area (Å²) in [5.74, 6) is 0. The SMILES string of the molecule is F[CH]CCCC(F)(F)F. The lowest BCUT2D eigenvalue weighted by molar-refractivity contribution is -0.135. The first-order chi connectivity index (χ1) is 4.06. The molecule has 0 unspecified atom stereocenters. The predicted molar refractivity (Wildman–Crippen MR) is 25.3 cm³/mol. The standard InChI is InChI=1S/C5H7F4/c6-4-2-1-3-5(7,8)9/h4H,1-3H2. The Bertz CT molecular complexity index is 65.8. The quantitative estimate of drug-likeness (QED) is 0.421. The van der Waals surface area contributed by atoms with E-state index in [1.807, 2.05) is 0 Å². The van der Waals surface area contributed by atoms with Crippen molar-refractivity contribution in [2.45, 2.75) is 25.4 Å². The maximum atomic E-state index is 11.2. The zero-order chi connectivity index (χ0) is 7.33. The molecule has 0 aromatic heterocycles. The Morgan fingerprint density at radius 3 is 2.11 bits per heavy atom. The first-order valence-corrected chi connectivity index (χ1v) is 2.55. The number of unbranched alkanes of at least 4 members (excludes halogenated alkanes) is 1. The summed E-state index contributed by atoms with van der Waals surface area (Å²) < 4.78 is 44.8. The van der Waals surface area contributed by atoms with Gasteiger partial charge in [0, 0.05) is 6.42 Å². The van der Waals surface area contributed by atoms with Crippen molar-refractivity contribution in [3.63, 3.8) is 0 Å². The maximum Gasteiger partial charge on any atom is 0.389 e. The van der Waals surface area contributed by atoms with Crippen LogP contribution in [0.15, 0.2) is 0 Å². The van der Waals surface area contributed by atoms with Crippen molar-refractivity contribution in [3.8, 4) is 0 Å². The fraction of sp³-hybridized carbons (Fsp3) is 0.800. The van der Waals surface area contributed by atoms with Crippen molar-refractivity contribution in [1.29, 1.82) is 0 Å². The first kappa shape index (κ1) is 8.72. The van der Waals surface area contributed by atoms with E-state index in [-0.39, 0.29) is 19.5 Å². The van der Waals surface area contributed by atoms with Gasteiger partial charge in [-0.05, 0) is 12.8 Å². The van der Waals surface area contributed by atoms with Crippen LogP contribution in [0.5, 0.6) is 0 Å². The van der Waals surface area contributed by atoms with Gasteiger partial charge < -0.3 is 0 Å². The van der Waals surface area contributed by atoms with Gasteiger partial charge in [0.25, 0.3) is 0 Å². The molecule has 55 valence electrons. The van der Waals surface area contributed by atoms with Crippen molar-refractivity contribution in [2.75, 3.05) is 0 Å². The van der Waals surface area contributed by atoms with Crippen LogP contribution in [0.1, 0.15) is 19.3 Å². The van der Waals surface area contributed by atoms with Gasteiger partial charge >= 0.3 is 6.18 Å². The molecule has 0 aliphatic carbocycles. The molecular formula is C5H7F4. The van der Waals surface area contributed by atoms with Crippen LogP contribution in [-0.2, 0) is 0 Å². The Morgan fingerprint density at radius 2 is 1.78 bits per heavy atom. The summed E-state index contributed by atoms with van der Waals surface area (Å²) in [6, 6.07) is 0. The predicted octanol–water partition coefficient (Wildman–Crippen LogP) is 2.85. The molecule has 0 heterocycles. The number of rotatable bonds is 3. The van der Waals surface area contributed by atoms with E-state index in [0.717, 1.165) is 0 Å². The molecule has 0 bridgehead atoms. The van der Waals surface area contributed by atoms with Crippen LogP contribution in [0.25, 0.3) is 0 Å². The van der Waals surface area contributed by atoms with E-state index in [4.69, 9.17) is 0 Å². The first-order valence-electron chi connectivity index (χ1n) is 2.55. The molecule has 1 radical (unpaired) electrons. The van der Waals surface area contributed by atoms with Crippen LogP contribution in [0.4, 0.5) is 17.6 Å². The van der Waals surface area contributed by atoms with Crippen molar-refractivity contribution in [1.82, 2.24) is 0 Å². The minimum atomic E-state index is -4.14. The fourth-order valence-electron chi connectivity index (χ4n) is 0.380. The fourth-order valence-corrected chi connectivity index (χ4v) is 0.380. The molecule has 0 saturated carbocycles. The smallest absolute Gasteiger partial charge is 0.244 e. The topological polar surface area (TPSA) is 0 Å². The Morgan fingerprint density at radius 1 is 1.22 bits per heavy atom. The zero-order valence-corrected chi connectivity index (χ0v) is 4.71. The van der Waals surface area contributed by atoms with Crippen LogP contribution < -0.4 is 0 Å². The summed E-state index contributed by atoms with van der Waals surface area (Å²) in [6.07, 6.45) is -5.30. The highest BCUT2D eigenvalue weighted by atomic mass is 19.4. The van der Waals surface area contributed by atoms with Crippen molar-refractivity contribution >= 4 is 0 Å². The molecule has 0 N–H and O–H groups in total. The van der Waals surface area contributed by atoms with E-state index in [0.29, 0.717) is 0 Å². The molecule has 0 aliphatic rings. The third-order valence-electron chi connectivity index (χ3n) is 0.773. The van der Waals surface area contributed by atoms with Gasteiger partial charge in [0.2, 0.25) is 0 Å². The van der Waals surface area contributed by atoms with E-state index < -0.39 is 12.6 Å². The Kier molecular flexibility index (Phi) is 3.58. The van der Waals surface area contributed by atoms with Gasteiger partial charge in [-0.25, -0.2) is 4.39 Å². The van der Waals surface area contributed by atoms with Gasteiger partial charge in [0.15, 0.2) is 0 Å². The van der Waals surface area contributed by atoms with Crippen LogP contribution in [0.2, 0.25) is 0 Å². The summed E-state index contributed by atoms with van der Waals surface area (Å²) in [4.78, 5) is 0. The highest BCUT2D eigenvalue weighted by Gasteiger charge is 2.25. The van der Waals surface area contributed by atoms with Crippen molar-refractivity contribution < 1.29 is 17.6 Å². The Balaban J connectivity index is 3.07. The molecule has 0 rings (SSSR count). The third-order valence-corrected chi connectivity index (χ3v) is 0.773. The minimum absolute atomic E-state index is 0.112. The molecule has 9 heavy (non-hydrogen) atoms. The van der Waals surface area contributed by atoms with Crippen LogP contribution in [0, 0.1) is 6.67 Å². The van der Waals surface area contributed by atoms with E-state index >= 15 is 0 Å². The van der Waals surface area contributed by atoms with Crippen LogP contribution in [0.3, 0.4) is 0 Å². The largest absolute Gasteiger partial charge is 0.389 e. The Labute approximate surface area is 50.9 Å². The summed E-state index contributed by atoms with van der Waals surface area (Å²) >= 11 is 0. The number of alkyl halides is 3. The van der Waals surface area contributed by atoms with E-state index in [9.17, 15) is 17.6 Å². The molecule has 0 aromatic rings. The van der Waals surface area contributed by atoms with Gasteiger partial charge in [0.1, 0.15) is 6.67 Å². The second-order valence-corrected chi connectivity index (χ2v) is 1.66. The van der Waals surface area contributed by atoms with Crippen LogP contribution >= 0.6 is 0 Å². The molecule has 0 fully saturated rings. The number of hydrogen-bond donors (Lipinski definition) is 0. The van der Waals surface area contributed by atoms with Gasteiger partial charge in [-0.2, -0.15) is 13.2 Å². The molecular weight excluding hydrogens is 136 g/mol. The van der Waals surface area contributed by atoms with Gasteiger partial charge in [0.05, 0.1) is 0 Å². The van der Waals surface area contributed by atoms with Crippen molar-refractivity contribution in [3.05, 3.63) is 6.67 Å². The maximum absolute atomic E-state index is 11.2. The second-order valence-electron chi connectivity index (χ2n) is 1.66. The average molecular weight is 143 g/mol. The van der Waals surface area contributed by atoms with Gasteiger partial charge in [-0.1, -0.05) is 0 Å². The second kappa shape index (κ2) is 3.69. The molecule has 0 atom stereocenters. The zero-order valence-electron chi connectivity index (χ0n) is 4.71. The lowest BCUT2D eigenvalue weighted by Crippen LogP contribution is -2.05. The summed E-state index contributed by atoms with van der Waals surface area (Å²) in [5, 5.41) is 0. The Hall–Kier alpha value is -0.280.